The fraction of sp³-hybridized carbons (Fsp3) is 0.368. The first kappa shape index (κ1) is 17.7. The summed E-state index contributed by atoms with van der Waals surface area (Å²) in [5.74, 6) is 0.0503. The van der Waals surface area contributed by atoms with Crippen molar-refractivity contribution in [1.29, 1.82) is 0 Å². The average molecular weight is 362 g/mol. The van der Waals surface area contributed by atoms with Gasteiger partial charge in [0.1, 0.15) is 11.6 Å². The molecule has 1 aliphatic rings. The molecule has 1 saturated heterocycles. The number of benzene rings is 1. The van der Waals surface area contributed by atoms with Crippen molar-refractivity contribution in [2.75, 3.05) is 16.8 Å². The number of pyridine rings is 1. The van der Waals surface area contributed by atoms with E-state index in [0.717, 1.165) is 31.6 Å². The summed E-state index contributed by atoms with van der Waals surface area (Å²) in [7, 11) is 0. The number of amides is 1. The van der Waals surface area contributed by atoms with Crippen LogP contribution in [0.1, 0.15) is 43.0 Å². The van der Waals surface area contributed by atoms with Crippen molar-refractivity contribution in [3.05, 3.63) is 52.9 Å². The highest BCUT2D eigenvalue weighted by Gasteiger charge is 2.22. The van der Waals surface area contributed by atoms with Crippen molar-refractivity contribution in [1.82, 2.24) is 4.98 Å². The van der Waals surface area contributed by atoms with Crippen LogP contribution in [0.25, 0.3) is 0 Å². The first-order chi connectivity index (χ1) is 12.1. The molecule has 6 heteroatoms. The lowest BCUT2D eigenvalue weighted by atomic mass is 10.00. The SMILES string of the molecule is CCC1CCCCN1c1cc(C(=O)Nc2ccc(F)c(Cl)c2)ccn1. The number of piperidine rings is 1. The Morgan fingerprint density at radius 3 is 2.96 bits per heavy atom. The third kappa shape index (κ3) is 4.10. The van der Waals surface area contributed by atoms with Gasteiger partial charge in [0.05, 0.1) is 5.02 Å². The van der Waals surface area contributed by atoms with Gasteiger partial charge in [-0.25, -0.2) is 9.37 Å². The van der Waals surface area contributed by atoms with E-state index in [1.807, 2.05) is 6.07 Å². The van der Waals surface area contributed by atoms with Crippen LogP contribution in [0.3, 0.4) is 0 Å². The molecule has 1 aromatic heterocycles. The molecule has 1 fully saturated rings. The maximum atomic E-state index is 13.2. The topological polar surface area (TPSA) is 45.2 Å². The van der Waals surface area contributed by atoms with E-state index in [1.165, 1.54) is 24.6 Å². The second kappa shape index (κ2) is 7.83. The summed E-state index contributed by atoms with van der Waals surface area (Å²) in [5, 5.41) is 2.72. The Kier molecular flexibility index (Phi) is 5.53. The zero-order chi connectivity index (χ0) is 17.8. The third-order valence-corrected chi connectivity index (χ3v) is 4.87. The molecule has 0 bridgehead atoms. The van der Waals surface area contributed by atoms with Gasteiger partial charge < -0.3 is 10.2 Å². The molecule has 0 spiro atoms. The van der Waals surface area contributed by atoms with Crippen molar-refractivity contribution in [3.63, 3.8) is 0 Å². The monoisotopic (exact) mass is 361 g/mol. The number of nitrogens with zero attached hydrogens (tertiary/aromatic N) is 2. The van der Waals surface area contributed by atoms with Crippen LogP contribution in [-0.4, -0.2) is 23.5 Å². The van der Waals surface area contributed by atoms with Gasteiger partial charge in [0.2, 0.25) is 0 Å². The van der Waals surface area contributed by atoms with E-state index in [9.17, 15) is 9.18 Å². The Balaban J connectivity index is 1.78. The molecule has 4 nitrogen and oxygen atoms in total. The van der Waals surface area contributed by atoms with Gasteiger partial charge in [0.25, 0.3) is 5.91 Å². The minimum Gasteiger partial charge on any atom is -0.354 e. The summed E-state index contributed by atoms with van der Waals surface area (Å²) in [4.78, 5) is 19.2. The highest BCUT2D eigenvalue weighted by Crippen LogP contribution is 2.26. The fourth-order valence-corrected chi connectivity index (χ4v) is 3.40. The molecule has 1 unspecified atom stereocenters. The first-order valence-corrected chi connectivity index (χ1v) is 8.95. The molecule has 132 valence electrons. The Morgan fingerprint density at radius 1 is 1.36 bits per heavy atom. The molecule has 1 N–H and O–H groups in total. The third-order valence-electron chi connectivity index (χ3n) is 4.58. The van der Waals surface area contributed by atoms with E-state index in [0.29, 0.717) is 17.3 Å². The minimum atomic E-state index is -0.512. The zero-order valence-corrected chi connectivity index (χ0v) is 14.9. The number of rotatable bonds is 4. The van der Waals surface area contributed by atoms with Crippen LogP contribution in [0.2, 0.25) is 5.02 Å². The predicted molar refractivity (Wildman–Crippen MR) is 98.9 cm³/mol. The highest BCUT2D eigenvalue weighted by atomic mass is 35.5. The second-order valence-corrected chi connectivity index (χ2v) is 6.64. The lowest BCUT2D eigenvalue weighted by Gasteiger charge is -2.36. The van der Waals surface area contributed by atoms with Crippen LogP contribution >= 0.6 is 11.6 Å². The zero-order valence-electron chi connectivity index (χ0n) is 14.1. The highest BCUT2D eigenvalue weighted by molar-refractivity contribution is 6.31. The van der Waals surface area contributed by atoms with Crippen LogP contribution < -0.4 is 10.2 Å². The maximum absolute atomic E-state index is 13.2. The smallest absolute Gasteiger partial charge is 0.255 e. The minimum absolute atomic E-state index is 0.0210. The quantitative estimate of drug-likeness (QED) is 0.842. The lowest BCUT2D eigenvalue weighted by Crippen LogP contribution is -2.39. The lowest BCUT2D eigenvalue weighted by molar-refractivity contribution is 0.102. The van der Waals surface area contributed by atoms with Crippen LogP contribution in [0.5, 0.6) is 0 Å². The Hall–Kier alpha value is -2.14. The molecule has 2 aromatic rings. The van der Waals surface area contributed by atoms with Gasteiger partial charge >= 0.3 is 0 Å². The summed E-state index contributed by atoms with van der Waals surface area (Å²) in [5.41, 5.74) is 0.977. The van der Waals surface area contributed by atoms with E-state index in [-0.39, 0.29) is 10.9 Å². The van der Waals surface area contributed by atoms with Crippen LogP contribution in [-0.2, 0) is 0 Å². The molecule has 1 aliphatic heterocycles. The van der Waals surface area contributed by atoms with Crippen molar-refractivity contribution in [3.8, 4) is 0 Å². The Bertz CT molecular complexity index is 768. The van der Waals surface area contributed by atoms with Gasteiger partial charge in [-0.1, -0.05) is 18.5 Å². The van der Waals surface area contributed by atoms with Gasteiger partial charge in [-0.15, -0.1) is 0 Å². The number of hydrogen-bond donors (Lipinski definition) is 1. The van der Waals surface area contributed by atoms with Crippen molar-refractivity contribution < 1.29 is 9.18 Å². The van der Waals surface area contributed by atoms with Crippen molar-refractivity contribution >= 4 is 29.0 Å². The number of anilines is 2. The number of carbonyl (C=O) groups excluding carboxylic acids is 1. The number of hydrogen-bond acceptors (Lipinski definition) is 3. The van der Waals surface area contributed by atoms with Crippen molar-refractivity contribution in [2.45, 2.75) is 38.6 Å². The number of nitrogens with one attached hydrogen (secondary N) is 1. The molecule has 25 heavy (non-hydrogen) atoms. The van der Waals surface area contributed by atoms with E-state index in [2.05, 4.69) is 22.1 Å². The summed E-state index contributed by atoms with van der Waals surface area (Å²) in [6.45, 7) is 3.14. The number of carbonyl (C=O) groups is 1. The normalized spacial score (nSPS) is 17.4. The van der Waals surface area contributed by atoms with Gasteiger partial charge in [-0.3, -0.25) is 4.79 Å². The molecule has 0 aliphatic carbocycles. The maximum Gasteiger partial charge on any atom is 0.255 e. The van der Waals surface area contributed by atoms with Gasteiger partial charge in [-0.05, 0) is 56.0 Å². The molecule has 0 saturated carbocycles. The van der Waals surface area contributed by atoms with E-state index < -0.39 is 5.82 Å². The average Bonchev–Trinajstić information content (AvgIpc) is 2.64. The molecule has 1 atom stereocenters. The number of aromatic nitrogens is 1. The molecule has 3 rings (SSSR count). The second-order valence-electron chi connectivity index (χ2n) is 6.24. The molecule has 0 radical (unpaired) electrons. The van der Waals surface area contributed by atoms with Gasteiger partial charge in [-0.2, -0.15) is 0 Å². The Labute approximate surface area is 152 Å². The van der Waals surface area contributed by atoms with E-state index >= 15 is 0 Å². The predicted octanol–water partition coefficient (Wildman–Crippen LogP) is 4.90. The van der Waals surface area contributed by atoms with Gasteiger partial charge in [0.15, 0.2) is 0 Å². The largest absolute Gasteiger partial charge is 0.354 e. The summed E-state index contributed by atoms with van der Waals surface area (Å²) in [6.07, 6.45) is 6.25. The van der Waals surface area contributed by atoms with Crippen LogP contribution in [0, 0.1) is 5.82 Å². The number of halogens is 2. The fourth-order valence-electron chi connectivity index (χ4n) is 3.22. The molecule has 1 aromatic carbocycles. The van der Waals surface area contributed by atoms with E-state index in [4.69, 9.17) is 11.6 Å². The van der Waals surface area contributed by atoms with Crippen molar-refractivity contribution in [2.24, 2.45) is 0 Å². The molecule has 1 amide bonds. The first-order valence-electron chi connectivity index (χ1n) is 8.57. The Morgan fingerprint density at radius 2 is 2.20 bits per heavy atom. The molecular weight excluding hydrogens is 341 g/mol. The molecule has 2 heterocycles. The van der Waals surface area contributed by atoms with E-state index in [1.54, 1.807) is 12.3 Å². The van der Waals surface area contributed by atoms with Crippen LogP contribution in [0.15, 0.2) is 36.5 Å². The summed E-state index contributed by atoms with van der Waals surface area (Å²) in [6, 6.07) is 8.07. The summed E-state index contributed by atoms with van der Waals surface area (Å²) >= 11 is 5.76. The molecular formula is C19H21ClFN3O. The van der Waals surface area contributed by atoms with Gasteiger partial charge in [0, 0.05) is 30.0 Å². The van der Waals surface area contributed by atoms with Crippen LogP contribution in [0.4, 0.5) is 15.9 Å². The standard InChI is InChI=1S/C19H21ClFN3O/c1-2-15-5-3-4-10-24(15)18-11-13(8-9-22-18)19(25)23-14-6-7-17(21)16(20)12-14/h6-9,11-12,15H,2-5,10H2,1H3,(H,23,25). The summed E-state index contributed by atoms with van der Waals surface area (Å²) < 4.78 is 13.2.